The Kier molecular flexibility index (Phi) is 14.8. The third kappa shape index (κ3) is 10.3. The lowest BCUT2D eigenvalue weighted by molar-refractivity contribution is -0.303. The Labute approximate surface area is 195 Å². The van der Waals surface area contributed by atoms with E-state index in [1.54, 1.807) is 6.92 Å². The average Bonchev–Trinajstić information content (AvgIpc) is 2.79. The van der Waals surface area contributed by atoms with Gasteiger partial charge < -0.3 is 14.2 Å². The van der Waals surface area contributed by atoms with Gasteiger partial charge in [0.25, 0.3) is 6.48 Å². The third-order valence-electron chi connectivity index (χ3n) is 5.56. The van der Waals surface area contributed by atoms with Crippen LogP contribution < -0.4 is 0 Å². The van der Waals surface area contributed by atoms with Gasteiger partial charge >= 0.3 is 0 Å². The summed E-state index contributed by atoms with van der Waals surface area (Å²) in [6.07, 6.45) is 8.28. The van der Waals surface area contributed by atoms with Crippen LogP contribution in [0.1, 0.15) is 91.0 Å². The predicted molar refractivity (Wildman–Crippen MR) is 118 cm³/mol. The van der Waals surface area contributed by atoms with E-state index in [2.05, 4.69) is 6.92 Å². The number of hydrogen-bond acceptors (Lipinski definition) is 3. The van der Waals surface area contributed by atoms with E-state index in [0.29, 0.717) is 26.1 Å². The summed E-state index contributed by atoms with van der Waals surface area (Å²) in [5.74, 6) is -9.91. The number of hydrogen-bond donors (Lipinski definition) is 0. The minimum Gasteiger partial charge on any atom is -0.330 e. The van der Waals surface area contributed by atoms with Gasteiger partial charge in [-0.25, -0.2) is 22.0 Å². The molecular weight excluding hydrogens is 443 g/mol. The number of ether oxygens (including phenoxy) is 3. The number of halogens is 5. The molecule has 0 fully saturated rings. The highest BCUT2D eigenvalue weighted by Crippen LogP contribution is 2.28. The van der Waals surface area contributed by atoms with E-state index in [4.69, 9.17) is 14.2 Å². The Morgan fingerprint density at radius 2 is 1.15 bits per heavy atom. The second-order valence-electron chi connectivity index (χ2n) is 8.46. The number of benzene rings is 1. The first-order valence-corrected chi connectivity index (χ1v) is 12.2. The maximum atomic E-state index is 14.1. The van der Waals surface area contributed by atoms with Gasteiger partial charge in [0.1, 0.15) is 0 Å². The van der Waals surface area contributed by atoms with Crippen LogP contribution in [0.4, 0.5) is 22.0 Å². The highest BCUT2D eigenvalue weighted by atomic mass is 19.2. The van der Waals surface area contributed by atoms with Gasteiger partial charge in [0.05, 0.1) is 6.10 Å². The number of unbranched alkanes of at least 4 members (excludes halogenated alkanes) is 6. The average molecular weight is 483 g/mol. The molecule has 192 valence electrons. The van der Waals surface area contributed by atoms with Crippen molar-refractivity contribution in [1.82, 2.24) is 0 Å². The molecule has 0 saturated carbocycles. The zero-order chi connectivity index (χ0) is 24.8. The summed E-state index contributed by atoms with van der Waals surface area (Å²) in [5, 5.41) is 0. The van der Waals surface area contributed by atoms with Crippen molar-refractivity contribution in [2.24, 2.45) is 5.92 Å². The molecule has 0 aliphatic rings. The van der Waals surface area contributed by atoms with E-state index >= 15 is 0 Å². The molecule has 0 aliphatic heterocycles. The van der Waals surface area contributed by atoms with Crippen LogP contribution in [0, 0.1) is 35.0 Å². The molecular formula is C25H39F5O3. The van der Waals surface area contributed by atoms with Gasteiger partial charge in [-0.05, 0) is 39.0 Å². The Morgan fingerprint density at radius 1 is 0.667 bits per heavy atom. The molecule has 3 nitrogen and oxygen atoms in total. The van der Waals surface area contributed by atoms with E-state index < -0.39 is 47.0 Å². The predicted octanol–water partition coefficient (Wildman–Crippen LogP) is 7.83. The fourth-order valence-corrected chi connectivity index (χ4v) is 3.84. The van der Waals surface area contributed by atoms with Crippen molar-refractivity contribution in [3.63, 3.8) is 0 Å². The quantitative estimate of drug-likeness (QED) is 0.0701. The zero-order valence-electron chi connectivity index (χ0n) is 20.3. The van der Waals surface area contributed by atoms with Crippen molar-refractivity contribution < 1.29 is 36.2 Å². The van der Waals surface area contributed by atoms with Gasteiger partial charge in [-0.1, -0.05) is 58.8 Å². The summed E-state index contributed by atoms with van der Waals surface area (Å²) in [6, 6.07) is 0. The molecule has 0 aliphatic carbocycles. The Hall–Kier alpha value is -1.25. The monoisotopic (exact) mass is 482 g/mol. The molecule has 0 saturated heterocycles. The van der Waals surface area contributed by atoms with Crippen LogP contribution >= 0.6 is 0 Å². The normalized spacial score (nSPS) is 13.6. The van der Waals surface area contributed by atoms with E-state index in [0.717, 1.165) is 19.3 Å². The van der Waals surface area contributed by atoms with Gasteiger partial charge in [-0.15, -0.1) is 0 Å². The second kappa shape index (κ2) is 16.4. The lowest BCUT2D eigenvalue weighted by atomic mass is 9.92. The van der Waals surface area contributed by atoms with Crippen LogP contribution in [-0.2, 0) is 20.6 Å². The molecule has 2 atom stereocenters. The first-order chi connectivity index (χ1) is 15.8. The highest BCUT2D eigenvalue weighted by Gasteiger charge is 2.28. The lowest BCUT2D eigenvalue weighted by Gasteiger charge is -2.26. The molecule has 1 aromatic rings. The van der Waals surface area contributed by atoms with Gasteiger partial charge in [0.2, 0.25) is 5.82 Å². The van der Waals surface area contributed by atoms with Gasteiger partial charge in [-0.2, -0.15) is 0 Å². The first-order valence-electron chi connectivity index (χ1n) is 12.2. The SMILES string of the molecule is CCCCCCCCCC(CC(C)Cc1c(F)c(F)c(F)c(F)c1F)OC(OCC)OCC. The van der Waals surface area contributed by atoms with E-state index in [1.807, 2.05) is 13.8 Å². The van der Waals surface area contributed by atoms with E-state index in [-0.39, 0.29) is 12.5 Å². The smallest absolute Gasteiger partial charge is 0.271 e. The molecule has 0 aromatic heterocycles. The molecule has 0 N–H and O–H groups in total. The molecule has 33 heavy (non-hydrogen) atoms. The third-order valence-corrected chi connectivity index (χ3v) is 5.56. The maximum Gasteiger partial charge on any atom is 0.271 e. The fourth-order valence-electron chi connectivity index (χ4n) is 3.84. The molecule has 0 bridgehead atoms. The van der Waals surface area contributed by atoms with Gasteiger partial charge in [-0.3, -0.25) is 0 Å². The maximum absolute atomic E-state index is 14.1. The van der Waals surface area contributed by atoms with Crippen LogP contribution in [0.3, 0.4) is 0 Å². The van der Waals surface area contributed by atoms with Gasteiger partial charge in [0.15, 0.2) is 23.3 Å². The Balaban J connectivity index is 2.80. The van der Waals surface area contributed by atoms with Crippen LogP contribution in [0.15, 0.2) is 0 Å². The second-order valence-corrected chi connectivity index (χ2v) is 8.46. The van der Waals surface area contributed by atoms with Crippen molar-refractivity contribution in [3.05, 3.63) is 34.6 Å². The highest BCUT2D eigenvalue weighted by molar-refractivity contribution is 5.24. The summed E-state index contributed by atoms with van der Waals surface area (Å²) < 4.78 is 85.5. The molecule has 0 radical (unpaired) electrons. The minimum atomic E-state index is -2.14. The molecule has 8 heteroatoms. The Morgan fingerprint density at radius 3 is 1.67 bits per heavy atom. The summed E-state index contributed by atoms with van der Waals surface area (Å²) in [7, 11) is 0. The zero-order valence-corrected chi connectivity index (χ0v) is 20.3. The fraction of sp³-hybridized carbons (Fsp3) is 0.760. The molecule has 0 heterocycles. The van der Waals surface area contributed by atoms with Crippen molar-refractivity contribution in [2.45, 2.75) is 104 Å². The summed E-state index contributed by atoms with van der Waals surface area (Å²) in [5.41, 5.74) is -0.792. The molecule has 0 spiro atoms. The topological polar surface area (TPSA) is 27.7 Å². The number of rotatable bonds is 18. The minimum absolute atomic E-state index is 0.295. The van der Waals surface area contributed by atoms with Crippen molar-refractivity contribution in [3.8, 4) is 0 Å². The van der Waals surface area contributed by atoms with Gasteiger partial charge in [0, 0.05) is 18.8 Å². The summed E-state index contributed by atoms with van der Waals surface area (Å²) in [4.78, 5) is 0. The van der Waals surface area contributed by atoms with E-state index in [9.17, 15) is 22.0 Å². The summed E-state index contributed by atoms with van der Waals surface area (Å²) >= 11 is 0. The van der Waals surface area contributed by atoms with Crippen LogP contribution in [-0.4, -0.2) is 25.8 Å². The van der Waals surface area contributed by atoms with Crippen molar-refractivity contribution >= 4 is 0 Å². The van der Waals surface area contributed by atoms with Crippen molar-refractivity contribution in [1.29, 1.82) is 0 Å². The van der Waals surface area contributed by atoms with Crippen LogP contribution in [0.5, 0.6) is 0 Å². The molecule has 1 aromatic carbocycles. The van der Waals surface area contributed by atoms with Crippen LogP contribution in [0.25, 0.3) is 0 Å². The molecule has 0 amide bonds. The van der Waals surface area contributed by atoms with Crippen molar-refractivity contribution in [2.75, 3.05) is 13.2 Å². The standard InChI is InChI=1S/C25H39F5O3/c1-5-8-9-10-11-12-13-14-18(33-25(31-6-2)32-7-3)15-17(4)16-19-20(26)22(28)24(30)23(29)21(19)27/h17-18,25H,5-16H2,1-4H3. The Bertz CT molecular complexity index is 651. The first kappa shape index (κ1) is 29.8. The molecule has 1 rings (SSSR count). The molecule has 2 unspecified atom stereocenters. The van der Waals surface area contributed by atoms with Crippen LogP contribution in [0.2, 0.25) is 0 Å². The summed E-state index contributed by atoms with van der Waals surface area (Å²) in [6.45, 7) is 7.40. The van der Waals surface area contributed by atoms with E-state index in [1.165, 1.54) is 25.7 Å². The largest absolute Gasteiger partial charge is 0.330 e. The lowest BCUT2D eigenvalue weighted by Crippen LogP contribution is -2.29.